The first kappa shape index (κ1) is 21.0. The first-order valence-electron chi connectivity index (χ1n) is 11.5. The quantitative estimate of drug-likeness (QED) is 0.434. The lowest BCUT2D eigenvalue weighted by Crippen LogP contribution is -2.49. The maximum absolute atomic E-state index is 13.4. The van der Waals surface area contributed by atoms with E-state index in [-0.39, 0.29) is 0 Å². The molecule has 2 aromatic carbocycles. The summed E-state index contributed by atoms with van der Waals surface area (Å²) in [6.07, 6.45) is 5.05. The number of sulfonamides is 1. The molecule has 33 heavy (non-hydrogen) atoms. The minimum atomic E-state index is -3.54. The molecule has 0 amide bonds. The lowest BCUT2D eigenvalue weighted by atomic mass is 9.89. The number of hydrogen-bond donors (Lipinski definition) is 0. The van der Waals surface area contributed by atoms with E-state index in [2.05, 4.69) is 21.8 Å². The van der Waals surface area contributed by atoms with Crippen molar-refractivity contribution in [1.82, 2.24) is 14.3 Å². The first-order chi connectivity index (χ1) is 16.0. The van der Waals surface area contributed by atoms with E-state index < -0.39 is 10.0 Å². The molecule has 0 spiro atoms. The van der Waals surface area contributed by atoms with E-state index in [4.69, 9.17) is 0 Å². The molecule has 170 valence electrons. The monoisotopic (exact) mass is 478 g/mol. The zero-order valence-electron chi connectivity index (χ0n) is 18.6. The summed E-state index contributed by atoms with van der Waals surface area (Å²) in [5.74, 6) is 1.68. The average Bonchev–Trinajstić information content (AvgIpc) is 3.21. The number of hydrogen-bond acceptors (Lipinski definition) is 6. The van der Waals surface area contributed by atoms with Gasteiger partial charge in [-0.05, 0) is 53.6 Å². The van der Waals surface area contributed by atoms with Crippen molar-refractivity contribution in [2.45, 2.75) is 31.1 Å². The Labute approximate surface area is 197 Å². The fourth-order valence-electron chi connectivity index (χ4n) is 5.12. The van der Waals surface area contributed by atoms with E-state index in [0.717, 1.165) is 34.3 Å². The number of thiophene rings is 1. The maximum Gasteiger partial charge on any atom is 0.243 e. The third kappa shape index (κ3) is 3.61. The van der Waals surface area contributed by atoms with Crippen LogP contribution in [-0.4, -0.2) is 48.9 Å². The highest BCUT2D eigenvalue weighted by molar-refractivity contribution is 7.89. The highest BCUT2D eigenvalue weighted by Gasteiger charge is 2.31. The molecule has 4 aromatic rings. The van der Waals surface area contributed by atoms with Crippen molar-refractivity contribution < 1.29 is 8.42 Å². The number of aryl methyl sites for hydroxylation is 1. The number of fused-ring (bicyclic) bond motifs is 4. The number of benzene rings is 2. The van der Waals surface area contributed by atoms with Gasteiger partial charge in [-0.2, -0.15) is 4.31 Å². The van der Waals surface area contributed by atoms with Crippen molar-refractivity contribution in [1.29, 1.82) is 0 Å². The molecule has 0 radical (unpaired) electrons. The fourth-order valence-corrected chi connectivity index (χ4v) is 7.92. The predicted octanol–water partition coefficient (Wildman–Crippen LogP) is 4.48. The Morgan fingerprint density at radius 1 is 1.00 bits per heavy atom. The largest absolute Gasteiger partial charge is 0.353 e. The second kappa shape index (κ2) is 8.04. The second-order valence-electron chi connectivity index (χ2n) is 9.13. The Hall–Kier alpha value is -2.55. The number of piperazine rings is 1. The molecule has 3 heterocycles. The molecule has 0 unspecified atom stereocenters. The molecule has 1 aliphatic carbocycles. The molecule has 2 aliphatic rings. The Kier molecular flexibility index (Phi) is 5.12. The summed E-state index contributed by atoms with van der Waals surface area (Å²) in [4.78, 5) is 14.3. The zero-order valence-corrected chi connectivity index (χ0v) is 20.2. The van der Waals surface area contributed by atoms with Gasteiger partial charge in [-0.1, -0.05) is 37.3 Å². The van der Waals surface area contributed by atoms with Crippen LogP contribution in [0.2, 0.25) is 0 Å². The van der Waals surface area contributed by atoms with E-state index in [1.807, 2.05) is 30.3 Å². The minimum absolute atomic E-state index is 0.361. The normalized spacial score (nSPS) is 19.8. The van der Waals surface area contributed by atoms with Gasteiger partial charge in [-0.15, -0.1) is 11.3 Å². The van der Waals surface area contributed by atoms with E-state index in [9.17, 15) is 8.42 Å². The van der Waals surface area contributed by atoms with Gasteiger partial charge in [0.15, 0.2) is 0 Å². The van der Waals surface area contributed by atoms with E-state index in [1.165, 1.54) is 22.2 Å². The molecule has 1 aliphatic heterocycles. The van der Waals surface area contributed by atoms with E-state index in [0.29, 0.717) is 37.0 Å². The highest BCUT2D eigenvalue weighted by Crippen LogP contribution is 2.40. The molecular weight excluding hydrogens is 452 g/mol. The van der Waals surface area contributed by atoms with Crippen LogP contribution >= 0.6 is 11.3 Å². The molecule has 8 heteroatoms. The van der Waals surface area contributed by atoms with E-state index >= 15 is 0 Å². The number of nitrogens with zero attached hydrogens (tertiary/aromatic N) is 4. The predicted molar refractivity (Wildman–Crippen MR) is 134 cm³/mol. The summed E-state index contributed by atoms with van der Waals surface area (Å²) in [7, 11) is -3.54. The maximum atomic E-state index is 13.4. The molecule has 1 atom stereocenters. The van der Waals surface area contributed by atoms with Gasteiger partial charge in [0.2, 0.25) is 10.0 Å². The van der Waals surface area contributed by atoms with Crippen LogP contribution in [0, 0.1) is 5.92 Å². The first-order valence-corrected chi connectivity index (χ1v) is 13.8. The zero-order chi connectivity index (χ0) is 22.6. The summed E-state index contributed by atoms with van der Waals surface area (Å²) in [6.45, 7) is 4.46. The Morgan fingerprint density at radius 2 is 1.79 bits per heavy atom. The summed E-state index contributed by atoms with van der Waals surface area (Å²) >= 11 is 1.80. The van der Waals surface area contributed by atoms with Gasteiger partial charge in [0.05, 0.1) is 10.3 Å². The molecule has 1 saturated heterocycles. The third-order valence-electron chi connectivity index (χ3n) is 6.97. The third-order valence-corrected chi connectivity index (χ3v) is 10.0. The van der Waals surface area contributed by atoms with Crippen LogP contribution in [0.15, 0.2) is 53.7 Å². The van der Waals surface area contributed by atoms with Crippen LogP contribution in [0.25, 0.3) is 21.0 Å². The Balaban J connectivity index is 1.26. The van der Waals surface area contributed by atoms with Crippen molar-refractivity contribution in [2.75, 3.05) is 31.1 Å². The standard InChI is InChI=1S/C25H26N4O2S2/c1-17-6-9-21-22(14-17)32-25-23(21)24(26-16-27-25)28-10-12-29(13-11-28)33(30,31)20-8-7-18-4-2-3-5-19(18)15-20/h2-5,7-8,15-17H,6,9-14H2,1H3/t17-/m0/s1. The SMILES string of the molecule is C[C@H]1CCc2c(sc3ncnc(N4CCN(S(=O)(=O)c5ccc6ccccc6c5)CC4)c23)C1. The molecular formula is C25H26N4O2S2. The van der Waals surface area contributed by atoms with Crippen LogP contribution in [0.1, 0.15) is 23.8 Å². The molecule has 1 fully saturated rings. The summed E-state index contributed by atoms with van der Waals surface area (Å²) in [6, 6.07) is 13.2. The lowest BCUT2D eigenvalue weighted by molar-refractivity contribution is 0.384. The Bertz CT molecular complexity index is 1460. The molecule has 6 rings (SSSR count). The summed E-state index contributed by atoms with van der Waals surface area (Å²) in [5, 5.41) is 3.18. The van der Waals surface area contributed by atoms with Crippen LogP contribution < -0.4 is 4.90 Å². The van der Waals surface area contributed by atoms with Crippen molar-refractivity contribution in [3.8, 4) is 0 Å². The second-order valence-corrected chi connectivity index (χ2v) is 12.2. The Morgan fingerprint density at radius 3 is 2.61 bits per heavy atom. The van der Waals surface area contributed by atoms with Gasteiger partial charge in [-0.25, -0.2) is 18.4 Å². The fraction of sp³-hybridized carbons (Fsp3) is 0.360. The van der Waals surface area contributed by atoms with Crippen LogP contribution in [-0.2, 0) is 22.9 Å². The number of aromatic nitrogens is 2. The van der Waals surface area contributed by atoms with Crippen molar-refractivity contribution in [2.24, 2.45) is 5.92 Å². The number of rotatable bonds is 3. The molecule has 0 bridgehead atoms. The topological polar surface area (TPSA) is 66.4 Å². The average molecular weight is 479 g/mol. The van der Waals surface area contributed by atoms with Gasteiger partial charge in [0.25, 0.3) is 0 Å². The van der Waals surface area contributed by atoms with Crippen molar-refractivity contribution in [3.63, 3.8) is 0 Å². The summed E-state index contributed by atoms with van der Waals surface area (Å²) in [5.41, 5.74) is 1.41. The molecule has 0 saturated carbocycles. The molecule has 6 nitrogen and oxygen atoms in total. The minimum Gasteiger partial charge on any atom is -0.353 e. The van der Waals surface area contributed by atoms with Gasteiger partial charge in [0, 0.05) is 31.1 Å². The van der Waals surface area contributed by atoms with E-state index in [1.54, 1.807) is 34.1 Å². The smallest absolute Gasteiger partial charge is 0.243 e. The molecule has 2 aromatic heterocycles. The highest BCUT2D eigenvalue weighted by atomic mass is 32.2. The van der Waals surface area contributed by atoms with Gasteiger partial charge in [0.1, 0.15) is 17.0 Å². The van der Waals surface area contributed by atoms with Crippen LogP contribution in [0.3, 0.4) is 0 Å². The van der Waals surface area contributed by atoms with Crippen LogP contribution in [0.5, 0.6) is 0 Å². The lowest BCUT2D eigenvalue weighted by Gasteiger charge is -2.35. The van der Waals surface area contributed by atoms with Gasteiger partial charge >= 0.3 is 0 Å². The van der Waals surface area contributed by atoms with Gasteiger partial charge in [-0.3, -0.25) is 0 Å². The van der Waals surface area contributed by atoms with Crippen molar-refractivity contribution >= 4 is 48.2 Å². The molecule has 0 N–H and O–H groups in total. The number of anilines is 1. The van der Waals surface area contributed by atoms with Crippen LogP contribution in [0.4, 0.5) is 5.82 Å². The van der Waals surface area contributed by atoms with Crippen molar-refractivity contribution in [3.05, 3.63) is 59.2 Å². The summed E-state index contributed by atoms with van der Waals surface area (Å²) < 4.78 is 28.3. The van der Waals surface area contributed by atoms with Gasteiger partial charge < -0.3 is 4.90 Å².